The third-order valence-corrected chi connectivity index (χ3v) is 1.94. The standard InChI is InChI=1S/C8H14N2O2/c1-3-4-10-7(11)5-9-6(2)8(10)12/h6,9H,3-5H2,1-2H3. The monoisotopic (exact) mass is 170 g/mol. The predicted octanol–water partition coefficient (Wildman–Crippen LogP) is -0.257. The van der Waals surface area contributed by atoms with Gasteiger partial charge in [-0.05, 0) is 13.3 Å². The van der Waals surface area contributed by atoms with Crippen LogP contribution in [-0.2, 0) is 9.59 Å². The van der Waals surface area contributed by atoms with Gasteiger partial charge in [-0.15, -0.1) is 0 Å². The number of nitrogens with zero attached hydrogens (tertiary/aromatic N) is 1. The zero-order chi connectivity index (χ0) is 9.14. The molecule has 1 fully saturated rings. The molecule has 0 bridgehead atoms. The highest BCUT2D eigenvalue weighted by Gasteiger charge is 2.29. The molecule has 4 nitrogen and oxygen atoms in total. The molecule has 0 spiro atoms. The summed E-state index contributed by atoms with van der Waals surface area (Å²) in [7, 11) is 0. The van der Waals surface area contributed by atoms with Crippen LogP contribution in [0.5, 0.6) is 0 Å². The van der Waals surface area contributed by atoms with Gasteiger partial charge in [0.25, 0.3) is 0 Å². The first-order valence-electron chi connectivity index (χ1n) is 4.24. The van der Waals surface area contributed by atoms with Crippen molar-refractivity contribution in [2.24, 2.45) is 0 Å². The largest absolute Gasteiger partial charge is 0.298 e. The van der Waals surface area contributed by atoms with E-state index < -0.39 is 0 Å². The number of carbonyl (C=O) groups is 2. The van der Waals surface area contributed by atoms with Crippen molar-refractivity contribution in [1.82, 2.24) is 10.2 Å². The molecule has 1 atom stereocenters. The van der Waals surface area contributed by atoms with Crippen molar-refractivity contribution in [3.05, 3.63) is 0 Å². The van der Waals surface area contributed by atoms with E-state index in [0.717, 1.165) is 6.42 Å². The molecule has 2 amide bonds. The molecule has 1 unspecified atom stereocenters. The van der Waals surface area contributed by atoms with Crippen LogP contribution in [-0.4, -0.2) is 35.8 Å². The molecule has 1 rings (SSSR count). The van der Waals surface area contributed by atoms with Crippen LogP contribution in [0.2, 0.25) is 0 Å². The molecule has 68 valence electrons. The van der Waals surface area contributed by atoms with E-state index >= 15 is 0 Å². The Morgan fingerprint density at radius 2 is 2.25 bits per heavy atom. The van der Waals surface area contributed by atoms with Crippen molar-refractivity contribution >= 4 is 11.8 Å². The van der Waals surface area contributed by atoms with E-state index in [1.807, 2.05) is 6.92 Å². The summed E-state index contributed by atoms with van der Waals surface area (Å²) < 4.78 is 0. The Morgan fingerprint density at radius 3 is 2.83 bits per heavy atom. The van der Waals surface area contributed by atoms with Crippen molar-refractivity contribution in [3.63, 3.8) is 0 Å². The smallest absolute Gasteiger partial charge is 0.246 e. The molecule has 1 aliphatic rings. The van der Waals surface area contributed by atoms with Crippen LogP contribution in [0.3, 0.4) is 0 Å². The Morgan fingerprint density at radius 1 is 1.58 bits per heavy atom. The number of imide groups is 1. The summed E-state index contributed by atoms with van der Waals surface area (Å²) in [6.45, 7) is 4.56. The Bertz CT molecular complexity index is 203. The molecule has 4 heteroatoms. The third kappa shape index (κ3) is 1.64. The predicted molar refractivity (Wildman–Crippen MR) is 44.5 cm³/mol. The molecule has 1 saturated heterocycles. The van der Waals surface area contributed by atoms with Gasteiger partial charge < -0.3 is 0 Å². The fraction of sp³-hybridized carbons (Fsp3) is 0.750. The van der Waals surface area contributed by atoms with E-state index in [1.54, 1.807) is 6.92 Å². The molecule has 0 aromatic rings. The molecule has 0 aromatic heterocycles. The van der Waals surface area contributed by atoms with Crippen molar-refractivity contribution in [2.45, 2.75) is 26.3 Å². The van der Waals surface area contributed by atoms with Crippen molar-refractivity contribution in [3.8, 4) is 0 Å². The fourth-order valence-corrected chi connectivity index (χ4v) is 1.24. The topological polar surface area (TPSA) is 49.4 Å². The van der Waals surface area contributed by atoms with Crippen molar-refractivity contribution < 1.29 is 9.59 Å². The first kappa shape index (κ1) is 9.19. The van der Waals surface area contributed by atoms with E-state index in [2.05, 4.69) is 5.32 Å². The van der Waals surface area contributed by atoms with Crippen LogP contribution in [0.4, 0.5) is 0 Å². The van der Waals surface area contributed by atoms with Gasteiger partial charge >= 0.3 is 0 Å². The SMILES string of the molecule is CCCN1C(=O)CNC(C)C1=O. The number of amides is 2. The summed E-state index contributed by atoms with van der Waals surface area (Å²) in [5, 5.41) is 2.83. The maximum atomic E-state index is 11.4. The Balaban J connectivity index is 2.65. The van der Waals surface area contributed by atoms with E-state index in [4.69, 9.17) is 0 Å². The summed E-state index contributed by atoms with van der Waals surface area (Å²) in [5.74, 6) is -0.215. The zero-order valence-corrected chi connectivity index (χ0v) is 7.46. The highest BCUT2D eigenvalue weighted by Crippen LogP contribution is 2.02. The lowest BCUT2D eigenvalue weighted by atomic mass is 10.2. The van der Waals surface area contributed by atoms with Crippen LogP contribution in [0.25, 0.3) is 0 Å². The third-order valence-electron chi connectivity index (χ3n) is 1.94. The molecule has 0 radical (unpaired) electrons. The van der Waals surface area contributed by atoms with Crippen LogP contribution < -0.4 is 5.32 Å². The van der Waals surface area contributed by atoms with Gasteiger partial charge in [-0.25, -0.2) is 0 Å². The normalized spacial score (nSPS) is 24.8. The highest BCUT2D eigenvalue weighted by atomic mass is 16.2. The second kappa shape index (κ2) is 3.67. The van der Waals surface area contributed by atoms with Gasteiger partial charge in [0.1, 0.15) is 0 Å². The first-order valence-corrected chi connectivity index (χ1v) is 4.24. The highest BCUT2D eigenvalue weighted by molar-refractivity contribution is 6.00. The van der Waals surface area contributed by atoms with Crippen LogP contribution in [0.15, 0.2) is 0 Å². The van der Waals surface area contributed by atoms with E-state index in [1.165, 1.54) is 4.90 Å². The maximum Gasteiger partial charge on any atom is 0.246 e. The zero-order valence-electron chi connectivity index (χ0n) is 7.46. The van der Waals surface area contributed by atoms with Gasteiger partial charge in [-0.2, -0.15) is 0 Å². The Labute approximate surface area is 71.9 Å². The number of hydrogen-bond donors (Lipinski definition) is 1. The maximum absolute atomic E-state index is 11.4. The van der Waals surface area contributed by atoms with Gasteiger partial charge in [0.15, 0.2) is 0 Å². The number of piperazine rings is 1. The molecule has 1 N–H and O–H groups in total. The van der Waals surface area contributed by atoms with E-state index in [0.29, 0.717) is 6.54 Å². The lowest BCUT2D eigenvalue weighted by Crippen LogP contribution is -2.57. The van der Waals surface area contributed by atoms with Gasteiger partial charge in [0.2, 0.25) is 11.8 Å². The number of rotatable bonds is 2. The number of hydrogen-bond acceptors (Lipinski definition) is 3. The van der Waals surface area contributed by atoms with Crippen molar-refractivity contribution in [1.29, 1.82) is 0 Å². The van der Waals surface area contributed by atoms with Crippen LogP contribution >= 0.6 is 0 Å². The molecule has 0 saturated carbocycles. The quantitative estimate of drug-likeness (QED) is 0.581. The lowest BCUT2D eigenvalue weighted by Gasteiger charge is -2.29. The van der Waals surface area contributed by atoms with Crippen LogP contribution in [0, 0.1) is 0 Å². The Kier molecular flexibility index (Phi) is 2.81. The minimum Gasteiger partial charge on any atom is -0.298 e. The number of nitrogens with one attached hydrogen (secondary N) is 1. The van der Waals surface area contributed by atoms with Crippen molar-refractivity contribution in [2.75, 3.05) is 13.1 Å². The first-order chi connectivity index (χ1) is 5.66. The fourth-order valence-electron chi connectivity index (χ4n) is 1.24. The second-order valence-electron chi connectivity index (χ2n) is 2.99. The molecule has 1 aliphatic heterocycles. The molecule has 12 heavy (non-hydrogen) atoms. The average Bonchev–Trinajstić information content (AvgIpc) is 2.06. The van der Waals surface area contributed by atoms with Gasteiger partial charge in [-0.3, -0.25) is 19.8 Å². The summed E-state index contributed by atoms with van der Waals surface area (Å²) in [5.41, 5.74) is 0. The molecule has 0 aromatic carbocycles. The molecule has 1 heterocycles. The minimum atomic E-state index is -0.214. The molecule has 0 aliphatic carbocycles. The van der Waals surface area contributed by atoms with Gasteiger partial charge in [0.05, 0.1) is 12.6 Å². The van der Waals surface area contributed by atoms with Gasteiger partial charge in [0, 0.05) is 6.54 Å². The summed E-state index contributed by atoms with van der Waals surface area (Å²) in [6, 6.07) is -0.214. The molecular formula is C8H14N2O2. The summed E-state index contributed by atoms with van der Waals surface area (Å²) in [6.07, 6.45) is 0.824. The summed E-state index contributed by atoms with van der Waals surface area (Å²) in [4.78, 5) is 23.9. The second-order valence-corrected chi connectivity index (χ2v) is 2.99. The lowest BCUT2D eigenvalue weighted by molar-refractivity contribution is -0.148. The average molecular weight is 170 g/mol. The minimum absolute atomic E-state index is 0.104. The summed E-state index contributed by atoms with van der Waals surface area (Å²) >= 11 is 0. The van der Waals surface area contributed by atoms with Gasteiger partial charge in [-0.1, -0.05) is 6.92 Å². The number of carbonyl (C=O) groups excluding carboxylic acids is 2. The molecular weight excluding hydrogens is 156 g/mol. The van der Waals surface area contributed by atoms with E-state index in [9.17, 15) is 9.59 Å². The Hall–Kier alpha value is -0.900. The van der Waals surface area contributed by atoms with E-state index in [-0.39, 0.29) is 24.4 Å². The van der Waals surface area contributed by atoms with Crippen LogP contribution in [0.1, 0.15) is 20.3 Å².